The van der Waals surface area contributed by atoms with E-state index >= 15 is 0 Å². The molecule has 2 aliphatic carbocycles. The van der Waals surface area contributed by atoms with E-state index in [1.54, 1.807) is 11.8 Å². The molecule has 41 heavy (non-hydrogen) atoms. The van der Waals surface area contributed by atoms with Crippen molar-refractivity contribution in [2.45, 2.75) is 89.7 Å². The van der Waals surface area contributed by atoms with E-state index in [-0.39, 0.29) is 66.6 Å². The number of fused-ring (bicyclic) bond motifs is 2. The fourth-order valence-electron chi connectivity index (χ4n) is 6.41. The van der Waals surface area contributed by atoms with Gasteiger partial charge in [0.25, 0.3) is 5.91 Å². The third-order valence-corrected chi connectivity index (χ3v) is 8.28. The van der Waals surface area contributed by atoms with E-state index in [2.05, 4.69) is 17.7 Å². The Labute approximate surface area is 237 Å². The van der Waals surface area contributed by atoms with E-state index in [1.807, 2.05) is 17.0 Å². The van der Waals surface area contributed by atoms with Crippen molar-refractivity contribution in [3.05, 3.63) is 59.2 Å². The Balaban J connectivity index is 1.50. The molecule has 3 aliphatic rings. The minimum Gasteiger partial charge on any atom is -0.466 e. The Hall–Kier alpha value is -3.56. The maximum Gasteiger partial charge on any atom is 0.573 e. The minimum atomic E-state index is -4.82. The van der Waals surface area contributed by atoms with Crippen molar-refractivity contribution in [1.29, 1.82) is 0 Å². The van der Waals surface area contributed by atoms with Gasteiger partial charge in [0.2, 0.25) is 5.91 Å². The monoisotopic (exact) mass is 572 g/mol. The predicted octanol–water partition coefficient (Wildman–Crippen LogP) is 6.35. The first-order chi connectivity index (χ1) is 19.6. The third-order valence-electron chi connectivity index (χ3n) is 8.28. The van der Waals surface area contributed by atoms with Crippen molar-refractivity contribution in [3.8, 4) is 5.75 Å². The Kier molecular flexibility index (Phi) is 8.29. The van der Waals surface area contributed by atoms with Gasteiger partial charge in [-0.15, -0.1) is 13.2 Å². The van der Waals surface area contributed by atoms with E-state index in [4.69, 9.17) is 4.74 Å². The summed E-state index contributed by atoms with van der Waals surface area (Å²) in [6.07, 6.45) is 0.336. The summed E-state index contributed by atoms with van der Waals surface area (Å²) in [6, 6.07) is 10.7. The van der Waals surface area contributed by atoms with E-state index < -0.39 is 12.3 Å². The summed E-state index contributed by atoms with van der Waals surface area (Å²) >= 11 is 0. The van der Waals surface area contributed by atoms with Gasteiger partial charge >= 0.3 is 12.3 Å². The topological polar surface area (TPSA) is 76.2 Å². The standard InChI is InChI=1S/C31H35F3N2O5/c1-3-19-8-15-26-24(18-19)29(35(21-11-12-21)27(37)16-17-28(38)40-4-2)23-6-5-7-25(23)36(26)30(39)20-9-13-22(14-10-20)41-31(32,33)34/h8-10,13-15,18,21,23,25,29H,3-7,11-12,16-17H2,1-2H3. The number of rotatable bonds is 9. The number of amides is 2. The molecule has 0 N–H and O–H groups in total. The summed E-state index contributed by atoms with van der Waals surface area (Å²) in [4.78, 5) is 43.5. The van der Waals surface area contributed by atoms with Gasteiger partial charge in [0.1, 0.15) is 5.75 Å². The molecule has 0 saturated heterocycles. The maximum atomic E-state index is 14.0. The van der Waals surface area contributed by atoms with Crippen LogP contribution in [0.25, 0.3) is 0 Å². The molecular formula is C31H35F3N2O5. The van der Waals surface area contributed by atoms with Gasteiger partial charge in [0.15, 0.2) is 0 Å². The molecule has 2 amide bonds. The first kappa shape index (κ1) is 29.0. The number of hydrogen-bond donors (Lipinski definition) is 0. The first-order valence-electron chi connectivity index (χ1n) is 14.4. The molecule has 0 bridgehead atoms. The molecule has 2 aromatic carbocycles. The van der Waals surface area contributed by atoms with Crippen LogP contribution >= 0.6 is 0 Å². The van der Waals surface area contributed by atoms with Crippen LogP contribution in [0.2, 0.25) is 0 Å². The predicted molar refractivity (Wildman–Crippen MR) is 145 cm³/mol. The number of halogens is 3. The SMILES string of the molecule is CCOC(=O)CCC(=O)N(C1CC1)C1c2cc(CC)ccc2N(C(=O)c2ccc(OC(F)(F)F)cc2)C2CCCC21. The number of anilines is 1. The van der Waals surface area contributed by atoms with E-state index in [9.17, 15) is 27.6 Å². The van der Waals surface area contributed by atoms with Crippen LogP contribution in [0.3, 0.4) is 0 Å². The highest BCUT2D eigenvalue weighted by Crippen LogP contribution is 2.53. The second-order valence-electron chi connectivity index (χ2n) is 10.9. The average Bonchev–Trinajstić information content (AvgIpc) is 3.66. The first-order valence-corrected chi connectivity index (χ1v) is 14.4. The molecule has 5 rings (SSSR count). The van der Waals surface area contributed by atoms with Crippen molar-refractivity contribution in [2.75, 3.05) is 11.5 Å². The molecule has 0 aromatic heterocycles. The quantitative estimate of drug-likeness (QED) is 0.327. The number of carbonyl (C=O) groups excluding carboxylic acids is 3. The van der Waals surface area contributed by atoms with Crippen LogP contribution in [0, 0.1) is 5.92 Å². The number of hydrogen-bond acceptors (Lipinski definition) is 5. The highest BCUT2D eigenvalue weighted by molar-refractivity contribution is 6.07. The summed E-state index contributed by atoms with van der Waals surface area (Å²) in [5.74, 6) is -1.16. The Morgan fingerprint density at radius 2 is 1.71 bits per heavy atom. The van der Waals surface area contributed by atoms with E-state index in [1.165, 1.54) is 12.1 Å². The second kappa shape index (κ2) is 11.7. The van der Waals surface area contributed by atoms with Crippen LogP contribution in [0.5, 0.6) is 5.75 Å². The van der Waals surface area contributed by atoms with Gasteiger partial charge in [-0.05, 0) is 80.5 Å². The summed E-state index contributed by atoms with van der Waals surface area (Å²) in [5, 5.41) is 0. The van der Waals surface area contributed by atoms with E-state index in [0.717, 1.165) is 67.5 Å². The maximum absolute atomic E-state index is 14.0. The zero-order chi connectivity index (χ0) is 29.3. The van der Waals surface area contributed by atoms with Gasteiger partial charge < -0.3 is 19.3 Å². The molecule has 3 unspecified atom stereocenters. The molecule has 220 valence electrons. The van der Waals surface area contributed by atoms with Gasteiger partial charge in [-0.2, -0.15) is 0 Å². The van der Waals surface area contributed by atoms with Gasteiger partial charge in [-0.1, -0.05) is 25.5 Å². The molecule has 2 aromatic rings. The summed E-state index contributed by atoms with van der Waals surface area (Å²) < 4.78 is 47.0. The highest BCUT2D eigenvalue weighted by atomic mass is 19.4. The molecule has 1 aliphatic heterocycles. The molecule has 2 fully saturated rings. The zero-order valence-electron chi connectivity index (χ0n) is 23.3. The number of carbonyl (C=O) groups is 3. The molecule has 1 heterocycles. The van der Waals surface area contributed by atoms with Crippen LogP contribution in [0.15, 0.2) is 42.5 Å². The lowest BCUT2D eigenvalue weighted by Gasteiger charge is -2.48. The van der Waals surface area contributed by atoms with Crippen molar-refractivity contribution >= 4 is 23.5 Å². The lowest BCUT2D eigenvalue weighted by atomic mass is 9.80. The third kappa shape index (κ3) is 6.21. The number of aryl methyl sites for hydroxylation is 1. The van der Waals surface area contributed by atoms with Gasteiger partial charge in [-0.25, -0.2) is 0 Å². The molecule has 0 spiro atoms. The average molecular weight is 573 g/mol. The number of nitrogens with zero attached hydrogens (tertiary/aromatic N) is 2. The lowest BCUT2D eigenvalue weighted by molar-refractivity contribution is -0.274. The number of esters is 1. The largest absolute Gasteiger partial charge is 0.573 e. The lowest BCUT2D eigenvalue weighted by Crippen LogP contribution is -2.53. The van der Waals surface area contributed by atoms with Gasteiger partial charge in [-0.3, -0.25) is 14.4 Å². The summed E-state index contributed by atoms with van der Waals surface area (Å²) in [5.41, 5.74) is 2.98. The van der Waals surface area contributed by atoms with Crippen LogP contribution in [0.1, 0.15) is 86.3 Å². The Morgan fingerprint density at radius 1 is 0.976 bits per heavy atom. The second-order valence-corrected chi connectivity index (χ2v) is 10.9. The van der Waals surface area contributed by atoms with Crippen LogP contribution in [0.4, 0.5) is 18.9 Å². The Bertz CT molecular complexity index is 1290. The summed E-state index contributed by atoms with van der Waals surface area (Å²) in [6.45, 7) is 4.05. The zero-order valence-corrected chi connectivity index (χ0v) is 23.3. The van der Waals surface area contributed by atoms with E-state index in [0.29, 0.717) is 0 Å². The van der Waals surface area contributed by atoms with Gasteiger partial charge in [0.05, 0.1) is 19.1 Å². The smallest absolute Gasteiger partial charge is 0.466 e. The molecule has 7 nitrogen and oxygen atoms in total. The molecule has 3 atom stereocenters. The van der Waals surface area contributed by atoms with Crippen LogP contribution in [-0.4, -0.2) is 47.7 Å². The minimum absolute atomic E-state index is 0.00136. The normalized spacial score (nSPS) is 21.6. The number of alkyl halides is 3. The van der Waals surface area contributed by atoms with Crippen molar-refractivity contribution in [3.63, 3.8) is 0 Å². The fourth-order valence-corrected chi connectivity index (χ4v) is 6.41. The van der Waals surface area contributed by atoms with Crippen LogP contribution < -0.4 is 9.64 Å². The summed E-state index contributed by atoms with van der Waals surface area (Å²) in [7, 11) is 0. The van der Waals surface area contributed by atoms with Crippen molar-refractivity contribution < 1.29 is 37.0 Å². The van der Waals surface area contributed by atoms with Crippen LogP contribution in [-0.2, 0) is 20.7 Å². The molecule has 10 heteroatoms. The number of benzene rings is 2. The molecule has 0 radical (unpaired) electrons. The fraction of sp³-hybridized carbons (Fsp3) is 0.516. The van der Waals surface area contributed by atoms with Crippen molar-refractivity contribution in [1.82, 2.24) is 4.90 Å². The molecular weight excluding hydrogens is 537 g/mol. The highest BCUT2D eigenvalue weighted by Gasteiger charge is 2.51. The molecule has 2 saturated carbocycles. The Morgan fingerprint density at radius 3 is 2.34 bits per heavy atom. The van der Waals surface area contributed by atoms with Gasteiger partial charge in [0, 0.05) is 35.7 Å². The number of ether oxygens (including phenoxy) is 2. The van der Waals surface area contributed by atoms with Crippen molar-refractivity contribution in [2.24, 2.45) is 5.92 Å².